The molecule has 0 aromatic heterocycles. The number of hydrogen-bond acceptors (Lipinski definition) is 2. The van der Waals surface area contributed by atoms with Gasteiger partial charge < -0.3 is 10.1 Å². The fraction of sp³-hybridized carbons (Fsp3) is 0.133. The largest absolute Gasteiger partial charge is 0.482 e. The SMILES string of the molecule is O=C(Nc1cc(Cl)ccc1OCC(F)(F)F)c1cc(F)cc(F)c1. The summed E-state index contributed by atoms with van der Waals surface area (Å²) in [5.74, 6) is -3.17. The Morgan fingerprint density at radius 1 is 1.08 bits per heavy atom. The van der Waals surface area contributed by atoms with Crippen LogP contribution in [0, 0.1) is 11.6 Å². The summed E-state index contributed by atoms with van der Waals surface area (Å²) in [4.78, 5) is 12.0. The van der Waals surface area contributed by atoms with E-state index in [1.165, 1.54) is 6.07 Å². The lowest BCUT2D eigenvalue weighted by atomic mass is 10.2. The summed E-state index contributed by atoms with van der Waals surface area (Å²) in [5, 5.41) is 2.33. The molecule has 0 radical (unpaired) electrons. The molecule has 128 valence electrons. The van der Waals surface area contributed by atoms with Gasteiger partial charge in [0.05, 0.1) is 5.69 Å². The standard InChI is InChI=1S/C15H9ClF5NO2/c16-9-1-2-13(24-7-15(19,20)21)12(5-9)22-14(23)8-3-10(17)6-11(18)4-8/h1-6H,7H2,(H,22,23). The van der Waals surface area contributed by atoms with Crippen molar-refractivity contribution in [2.45, 2.75) is 6.18 Å². The molecule has 1 amide bonds. The second-order valence-corrected chi connectivity index (χ2v) is 5.09. The zero-order valence-electron chi connectivity index (χ0n) is 11.8. The Labute approximate surface area is 138 Å². The van der Waals surface area contributed by atoms with Gasteiger partial charge in [0.25, 0.3) is 5.91 Å². The molecule has 0 atom stereocenters. The van der Waals surface area contributed by atoms with E-state index in [1.807, 2.05) is 0 Å². The van der Waals surface area contributed by atoms with Crippen LogP contribution >= 0.6 is 11.6 Å². The van der Waals surface area contributed by atoms with Crippen LogP contribution in [0.25, 0.3) is 0 Å². The van der Waals surface area contributed by atoms with Crippen molar-refractivity contribution in [3.63, 3.8) is 0 Å². The van der Waals surface area contributed by atoms with Gasteiger partial charge in [-0.05, 0) is 30.3 Å². The second-order valence-electron chi connectivity index (χ2n) is 4.66. The van der Waals surface area contributed by atoms with E-state index in [1.54, 1.807) is 0 Å². The van der Waals surface area contributed by atoms with Crippen LogP contribution in [0.3, 0.4) is 0 Å². The summed E-state index contributed by atoms with van der Waals surface area (Å²) in [6.45, 7) is -1.58. The molecule has 9 heteroatoms. The first-order chi connectivity index (χ1) is 11.1. The van der Waals surface area contributed by atoms with Crippen LogP contribution < -0.4 is 10.1 Å². The highest BCUT2D eigenvalue weighted by Gasteiger charge is 2.29. The molecule has 0 spiro atoms. The van der Waals surface area contributed by atoms with Crippen molar-refractivity contribution in [3.8, 4) is 5.75 Å². The zero-order chi connectivity index (χ0) is 17.9. The normalized spacial score (nSPS) is 11.2. The first-order valence-corrected chi connectivity index (χ1v) is 6.78. The van der Waals surface area contributed by atoms with Gasteiger partial charge in [-0.25, -0.2) is 8.78 Å². The number of carbonyl (C=O) groups excluding carboxylic acids is 1. The Morgan fingerprint density at radius 2 is 1.71 bits per heavy atom. The van der Waals surface area contributed by atoms with E-state index in [2.05, 4.69) is 10.1 Å². The van der Waals surface area contributed by atoms with Crippen LogP contribution in [0.2, 0.25) is 5.02 Å². The molecule has 24 heavy (non-hydrogen) atoms. The lowest BCUT2D eigenvalue weighted by molar-refractivity contribution is -0.153. The maximum atomic E-state index is 13.1. The average Bonchev–Trinajstić information content (AvgIpc) is 2.44. The number of halogens is 6. The predicted octanol–water partition coefficient (Wildman–Crippen LogP) is 4.81. The summed E-state index contributed by atoms with van der Waals surface area (Å²) in [5.41, 5.74) is -0.518. The van der Waals surface area contributed by atoms with Crippen molar-refractivity contribution in [2.75, 3.05) is 11.9 Å². The van der Waals surface area contributed by atoms with Gasteiger partial charge in [0, 0.05) is 16.7 Å². The molecule has 0 aliphatic heterocycles. The van der Waals surface area contributed by atoms with E-state index in [0.29, 0.717) is 6.07 Å². The van der Waals surface area contributed by atoms with Crippen molar-refractivity contribution < 1.29 is 31.5 Å². The Morgan fingerprint density at radius 3 is 2.29 bits per heavy atom. The second kappa shape index (κ2) is 7.04. The van der Waals surface area contributed by atoms with Gasteiger partial charge in [-0.3, -0.25) is 4.79 Å². The Balaban J connectivity index is 2.24. The van der Waals surface area contributed by atoms with Gasteiger partial charge in [-0.1, -0.05) is 11.6 Å². The monoisotopic (exact) mass is 365 g/mol. The van der Waals surface area contributed by atoms with Gasteiger partial charge in [-0.15, -0.1) is 0 Å². The van der Waals surface area contributed by atoms with Crippen molar-refractivity contribution in [2.24, 2.45) is 0 Å². The minimum absolute atomic E-state index is 0.120. The molecule has 3 nitrogen and oxygen atoms in total. The van der Waals surface area contributed by atoms with Gasteiger partial charge in [0.2, 0.25) is 0 Å². The summed E-state index contributed by atoms with van der Waals surface area (Å²) >= 11 is 5.74. The number of rotatable bonds is 4. The predicted molar refractivity (Wildman–Crippen MR) is 77.3 cm³/mol. The molecule has 0 unspecified atom stereocenters. The van der Waals surface area contributed by atoms with Crippen LogP contribution in [0.1, 0.15) is 10.4 Å². The molecule has 0 heterocycles. The first kappa shape index (κ1) is 18.0. The van der Waals surface area contributed by atoms with Gasteiger partial charge in [-0.2, -0.15) is 13.2 Å². The van der Waals surface area contributed by atoms with Crippen LogP contribution in [0.4, 0.5) is 27.6 Å². The average molecular weight is 366 g/mol. The fourth-order valence-electron chi connectivity index (χ4n) is 1.76. The third kappa shape index (κ3) is 5.09. The van der Waals surface area contributed by atoms with E-state index in [4.69, 9.17) is 11.6 Å². The maximum Gasteiger partial charge on any atom is 0.422 e. The van der Waals surface area contributed by atoms with Crippen molar-refractivity contribution in [3.05, 3.63) is 58.6 Å². The molecule has 0 saturated carbocycles. The van der Waals surface area contributed by atoms with E-state index in [0.717, 1.165) is 24.3 Å². The Hall–Kier alpha value is -2.35. The lowest BCUT2D eigenvalue weighted by Gasteiger charge is -2.14. The quantitative estimate of drug-likeness (QED) is 0.789. The molecule has 0 bridgehead atoms. The number of benzene rings is 2. The van der Waals surface area contributed by atoms with Crippen molar-refractivity contribution in [1.82, 2.24) is 0 Å². The van der Waals surface area contributed by atoms with Crippen LogP contribution in [-0.4, -0.2) is 18.7 Å². The highest BCUT2D eigenvalue weighted by molar-refractivity contribution is 6.31. The molecule has 0 fully saturated rings. The zero-order valence-corrected chi connectivity index (χ0v) is 12.5. The van der Waals surface area contributed by atoms with E-state index in [9.17, 15) is 26.7 Å². The van der Waals surface area contributed by atoms with E-state index < -0.39 is 30.3 Å². The molecule has 1 N–H and O–H groups in total. The molecular formula is C15H9ClF5NO2. The van der Waals surface area contributed by atoms with E-state index in [-0.39, 0.29) is 22.0 Å². The minimum atomic E-state index is -4.58. The highest BCUT2D eigenvalue weighted by Crippen LogP contribution is 2.30. The summed E-state index contributed by atoms with van der Waals surface area (Å²) in [6, 6.07) is 5.69. The minimum Gasteiger partial charge on any atom is -0.482 e. The van der Waals surface area contributed by atoms with Crippen molar-refractivity contribution >= 4 is 23.2 Å². The number of carbonyl (C=O) groups is 1. The number of alkyl halides is 3. The van der Waals surface area contributed by atoms with Gasteiger partial charge in [0.15, 0.2) is 6.61 Å². The highest BCUT2D eigenvalue weighted by atomic mass is 35.5. The van der Waals surface area contributed by atoms with Gasteiger partial charge in [0.1, 0.15) is 17.4 Å². The van der Waals surface area contributed by atoms with Crippen LogP contribution in [-0.2, 0) is 0 Å². The molecule has 0 aliphatic rings. The lowest BCUT2D eigenvalue weighted by Crippen LogP contribution is -2.20. The number of anilines is 1. The van der Waals surface area contributed by atoms with Crippen LogP contribution in [0.5, 0.6) is 5.75 Å². The van der Waals surface area contributed by atoms with Gasteiger partial charge >= 0.3 is 6.18 Å². The van der Waals surface area contributed by atoms with Crippen LogP contribution in [0.15, 0.2) is 36.4 Å². The third-order valence-corrected chi connectivity index (χ3v) is 2.94. The summed E-state index contributed by atoms with van der Waals surface area (Å²) < 4.78 is 67.6. The number of hydrogen-bond donors (Lipinski definition) is 1. The Bertz CT molecular complexity index is 744. The molecule has 0 saturated heterocycles. The summed E-state index contributed by atoms with van der Waals surface area (Å²) in [6.07, 6.45) is -4.58. The van der Waals surface area contributed by atoms with Crippen molar-refractivity contribution in [1.29, 1.82) is 0 Å². The number of nitrogens with one attached hydrogen (secondary N) is 1. The smallest absolute Gasteiger partial charge is 0.422 e. The third-order valence-electron chi connectivity index (χ3n) is 2.71. The molecule has 2 rings (SSSR count). The Kier molecular flexibility index (Phi) is 5.28. The topological polar surface area (TPSA) is 38.3 Å². The number of amides is 1. The molecule has 2 aromatic rings. The van der Waals surface area contributed by atoms with E-state index >= 15 is 0 Å². The summed E-state index contributed by atoms with van der Waals surface area (Å²) in [7, 11) is 0. The molecular weight excluding hydrogens is 357 g/mol. The molecule has 2 aromatic carbocycles. The maximum absolute atomic E-state index is 13.1. The fourth-order valence-corrected chi connectivity index (χ4v) is 1.94. The molecule has 0 aliphatic carbocycles. The number of ether oxygens (including phenoxy) is 1. The first-order valence-electron chi connectivity index (χ1n) is 6.40.